The summed E-state index contributed by atoms with van der Waals surface area (Å²) in [5.41, 5.74) is 7.10. The number of hydrogen-bond donors (Lipinski definition) is 3. The van der Waals surface area contributed by atoms with E-state index in [-0.39, 0.29) is 34.0 Å². The molecule has 1 amide bonds. The number of benzene rings is 2. The predicted octanol–water partition coefficient (Wildman–Crippen LogP) is 2.65. The fourth-order valence-corrected chi connectivity index (χ4v) is 3.34. The number of amides is 1. The van der Waals surface area contributed by atoms with Crippen molar-refractivity contribution in [2.45, 2.75) is 0 Å². The van der Waals surface area contributed by atoms with E-state index >= 15 is 0 Å². The van der Waals surface area contributed by atoms with E-state index in [0.29, 0.717) is 29.6 Å². The predicted molar refractivity (Wildman–Crippen MR) is 113 cm³/mol. The van der Waals surface area contributed by atoms with Gasteiger partial charge in [-0.15, -0.1) is 0 Å². The lowest BCUT2D eigenvalue weighted by Crippen LogP contribution is -2.29. The van der Waals surface area contributed by atoms with Crippen LogP contribution in [-0.2, 0) is 4.74 Å². The highest BCUT2D eigenvalue weighted by Gasteiger charge is 2.19. The molecule has 0 saturated carbocycles. The SMILES string of the molecule is COCCN(C)C(=O)c1ccc2c(N)c(-c3nc4cc(F)c(F)cc4[nH]c3=O)[nH]c2c1. The van der Waals surface area contributed by atoms with Gasteiger partial charge < -0.3 is 25.3 Å². The van der Waals surface area contributed by atoms with E-state index in [2.05, 4.69) is 15.0 Å². The summed E-state index contributed by atoms with van der Waals surface area (Å²) in [7, 11) is 3.22. The van der Waals surface area contributed by atoms with Gasteiger partial charge in [-0.25, -0.2) is 13.8 Å². The molecular formula is C21H19F2N5O3. The number of ether oxygens (including phenoxy) is 1. The van der Waals surface area contributed by atoms with E-state index in [1.807, 2.05) is 0 Å². The topological polar surface area (TPSA) is 117 Å². The van der Waals surface area contributed by atoms with E-state index < -0.39 is 17.2 Å². The van der Waals surface area contributed by atoms with Gasteiger partial charge in [0.15, 0.2) is 17.3 Å². The van der Waals surface area contributed by atoms with Gasteiger partial charge in [0.25, 0.3) is 11.5 Å². The summed E-state index contributed by atoms with van der Waals surface area (Å²) in [5, 5.41) is 0.595. The van der Waals surface area contributed by atoms with Gasteiger partial charge in [0.05, 0.1) is 29.0 Å². The number of aromatic amines is 2. The molecule has 2 aromatic heterocycles. The van der Waals surface area contributed by atoms with E-state index in [0.717, 1.165) is 12.1 Å². The number of rotatable bonds is 5. The Hall–Kier alpha value is -3.79. The zero-order chi connectivity index (χ0) is 22.3. The van der Waals surface area contributed by atoms with Crippen molar-refractivity contribution in [3.05, 3.63) is 57.9 Å². The first-order valence-corrected chi connectivity index (χ1v) is 9.35. The molecule has 2 heterocycles. The van der Waals surface area contributed by atoms with Crippen LogP contribution in [0.3, 0.4) is 0 Å². The normalized spacial score (nSPS) is 11.4. The van der Waals surface area contributed by atoms with Crippen LogP contribution in [0.5, 0.6) is 0 Å². The monoisotopic (exact) mass is 427 g/mol. The number of nitrogens with two attached hydrogens (primary N) is 1. The Morgan fingerprint density at radius 1 is 1.16 bits per heavy atom. The lowest BCUT2D eigenvalue weighted by molar-refractivity contribution is 0.0744. The van der Waals surface area contributed by atoms with Crippen LogP contribution in [0.15, 0.2) is 35.1 Å². The molecule has 4 rings (SSSR count). The number of H-pyrrole nitrogens is 2. The smallest absolute Gasteiger partial charge is 0.276 e. The summed E-state index contributed by atoms with van der Waals surface area (Å²) in [5.74, 6) is -2.37. The minimum Gasteiger partial charge on any atom is -0.396 e. The van der Waals surface area contributed by atoms with Crippen molar-refractivity contribution in [1.29, 1.82) is 0 Å². The number of carbonyl (C=O) groups excluding carboxylic acids is 1. The second-order valence-corrected chi connectivity index (χ2v) is 7.09. The van der Waals surface area contributed by atoms with Crippen molar-refractivity contribution in [2.24, 2.45) is 0 Å². The Labute approximate surface area is 174 Å². The van der Waals surface area contributed by atoms with Crippen molar-refractivity contribution in [1.82, 2.24) is 19.9 Å². The Morgan fingerprint density at radius 2 is 1.90 bits per heavy atom. The molecule has 0 aliphatic heterocycles. The molecule has 4 aromatic rings. The minimum absolute atomic E-state index is 0.0642. The van der Waals surface area contributed by atoms with Crippen LogP contribution in [0.4, 0.5) is 14.5 Å². The molecule has 8 nitrogen and oxygen atoms in total. The Kier molecular flexibility index (Phi) is 5.15. The van der Waals surface area contributed by atoms with Gasteiger partial charge in [-0.05, 0) is 18.2 Å². The quantitative estimate of drug-likeness (QED) is 0.453. The number of aromatic nitrogens is 3. The second kappa shape index (κ2) is 7.80. The summed E-state index contributed by atoms with van der Waals surface area (Å²) >= 11 is 0. The first-order chi connectivity index (χ1) is 14.8. The molecule has 31 heavy (non-hydrogen) atoms. The molecule has 0 fully saturated rings. The number of nitrogen functional groups attached to an aromatic ring is 1. The third-order valence-corrected chi connectivity index (χ3v) is 5.03. The number of halogens is 2. The van der Waals surface area contributed by atoms with Gasteiger partial charge in [0, 0.05) is 49.3 Å². The maximum absolute atomic E-state index is 13.6. The van der Waals surface area contributed by atoms with E-state index in [9.17, 15) is 18.4 Å². The van der Waals surface area contributed by atoms with Crippen molar-refractivity contribution in [3.8, 4) is 11.4 Å². The molecule has 0 aliphatic rings. The fraction of sp³-hybridized carbons (Fsp3) is 0.190. The molecule has 0 unspecified atom stereocenters. The van der Waals surface area contributed by atoms with Crippen LogP contribution >= 0.6 is 0 Å². The molecule has 10 heteroatoms. The van der Waals surface area contributed by atoms with Gasteiger partial charge in [0.2, 0.25) is 0 Å². The summed E-state index contributed by atoms with van der Waals surface area (Å²) in [4.78, 5) is 36.4. The van der Waals surface area contributed by atoms with Crippen LogP contribution in [0.2, 0.25) is 0 Å². The first kappa shape index (κ1) is 20.5. The number of carbonyl (C=O) groups is 1. The van der Waals surface area contributed by atoms with E-state index in [4.69, 9.17) is 10.5 Å². The van der Waals surface area contributed by atoms with Crippen LogP contribution in [0.25, 0.3) is 33.3 Å². The third kappa shape index (κ3) is 3.61. The summed E-state index contributed by atoms with van der Waals surface area (Å²) < 4.78 is 32.0. The molecule has 160 valence electrons. The van der Waals surface area contributed by atoms with Crippen LogP contribution in [0.1, 0.15) is 10.4 Å². The maximum Gasteiger partial charge on any atom is 0.276 e. The van der Waals surface area contributed by atoms with Gasteiger partial charge in [-0.2, -0.15) is 0 Å². The molecule has 2 aromatic carbocycles. The zero-order valence-corrected chi connectivity index (χ0v) is 16.8. The van der Waals surface area contributed by atoms with E-state index in [1.165, 1.54) is 4.90 Å². The minimum atomic E-state index is -1.09. The first-order valence-electron chi connectivity index (χ1n) is 9.35. The van der Waals surface area contributed by atoms with Gasteiger partial charge in [-0.3, -0.25) is 9.59 Å². The van der Waals surface area contributed by atoms with Gasteiger partial charge in [0.1, 0.15) is 0 Å². The molecule has 0 spiro atoms. The molecule has 0 atom stereocenters. The number of fused-ring (bicyclic) bond motifs is 2. The van der Waals surface area contributed by atoms with Crippen molar-refractivity contribution < 1.29 is 18.3 Å². The highest BCUT2D eigenvalue weighted by Crippen LogP contribution is 2.31. The molecule has 0 saturated heterocycles. The third-order valence-electron chi connectivity index (χ3n) is 5.03. The summed E-state index contributed by atoms with van der Waals surface area (Å²) in [6, 6.07) is 6.71. The molecule has 0 aliphatic carbocycles. The Morgan fingerprint density at radius 3 is 2.65 bits per heavy atom. The average Bonchev–Trinajstić information content (AvgIpc) is 3.08. The lowest BCUT2D eigenvalue weighted by Gasteiger charge is -2.16. The maximum atomic E-state index is 13.6. The van der Waals surface area contributed by atoms with Crippen molar-refractivity contribution >= 4 is 33.5 Å². The standard InChI is InChI=1S/C21H19F2N5O3/c1-28(5-6-31-2)21(30)10-3-4-11-14(7-10)25-18(17(11)24)19-20(29)27-16-9-13(23)12(22)8-15(16)26-19/h3-4,7-9,25H,5-6,24H2,1-2H3,(H,27,29). The number of anilines is 1. The second-order valence-electron chi connectivity index (χ2n) is 7.09. The number of methoxy groups -OCH3 is 1. The van der Waals surface area contributed by atoms with Gasteiger partial charge >= 0.3 is 0 Å². The molecular weight excluding hydrogens is 408 g/mol. The van der Waals surface area contributed by atoms with Gasteiger partial charge in [-0.1, -0.05) is 0 Å². The van der Waals surface area contributed by atoms with Crippen molar-refractivity contribution in [3.63, 3.8) is 0 Å². The fourth-order valence-electron chi connectivity index (χ4n) is 3.34. The summed E-state index contributed by atoms with van der Waals surface area (Å²) in [6.45, 7) is 0.837. The van der Waals surface area contributed by atoms with Crippen molar-refractivity contribution in [2.75, 3.05) is 33.0 Å². The highest BCUT2D eigenvalue weighted by molar-refractivity contribution is 6.04. The number of likely N-dealkylation sites (N-methyl/N-ethyl adjacent to an activating group) is 1. The van der Waals surface area contributed by atoms with E-state index in [1.54, 1.807) is 32.4 Å². The van der Waals surface area contributed by atoms with Crippen LogP contribution < -0.4 is 11.3 Å². The molecule has 0 radical (unpaired) electrons. The average molecular weight is 427 g/mol. The largest absolute Gasteiger partial charge is 0.396 e. The number of nitrogens with one attached hydrogen (secondary N) is 2. The highest BCUT2D eigenvalue weighted by atomic mass is 19.2. The lowest BCUT2D eigenvalue weighted by atomic mass is 10.1. The Balaban J connectivity index is 1.79. The zero-order valence-electron chi connectivity index (χ0n) is 16.8. The van der Waals surface area contributed by atoms with Crippen LogP contribution in [-0.4, -0.2) is 53.1 Å². The molecule has 0 bridgehead atoms. The van der Waals surface area contributed by atoms with Crippen LogP contribution in [0, 0.1) is 11.6 Å². The number of nitrogens with zero attached hydrogens (tertiary/aromatic N) is 2. The molecule has 4 N–H and O–H groups in total. The Bertz CT molecular complexity index is 1380. The number of hydrogen-bond acceptors (Lipinski definition) is 5. The summed E-state index contributed by atoms with van der Waals surface area (Å²) in [6.07, 6.45) is 0.